The average Bonchev–Trinajstić information content (AvgIpc) is 2.54. The Morgan fingerprint density at radius 3 is 2.38 bits per heavy atom. The molecule has 2 aromatic rings. The number of ether oxygens (including phenoxy) is 1. The zero-order chi connectivity index (χ0) is 15.1. The molecule has 0 radical (unpaired) electrons. The first kappa shape index (κ1) is 15.9. The molecular weight excluding hydrogens is 278 g/mol. The van der Waals surface area contributed by atoms with Gasteiger partial charge in [0.05, 0.1) is 7.11 Å². The van der Waals surface area contributed by atoms with Crippen molar-refractivity contribution in [3.63, 3.8) is 0 Å². The van der Waals surface area contributed by atoms with Crippen molar-refractivity contribution in [2.45, 2.75) is 12.5 Å². The van der Waals surface area contributed by atoms with Gasteiger partial charge in [-0.15, -0.1) is 0 Å². The Kier molecular flexibility index (Phi) is 6.15. The second-order valence-corrected chi connectivity index (χ2v) is 5.66. The molecule has 0 aliphatic carbocycles. The van der Waals surface area contributed by atoms with Gasteiger partial charge < -0.3 is 9.64 Å². The first-order valence-electron chi connectivity index (χ1n) is 7.21. The van der Waals surface area contributed by atoms with E-state index >= 15 is 0 Å². The lowest BCUT2D eigenvalue weighted by Gasteiger charge is -2.24. The normalized spacial score (nSPS) is 12.4. The molecule has 21 heavy (non-hydrogen) atoms. The molecule has 0 aliphatic heterocycles. The highest BCUT2D eigenvalue weighted by Crippen LogP contribution is 2.22. The summed E-state index contributed by atoms with van der Waals surface area (Å²) in [6, 6.07) is 18.8. The third kappa shape index (κ3) is 4.51. The monoisotopic (exact) mass is 301 g/mol. The van der Waals surface area contributed by atoms with Gasteiger partial charge in [0.15, 0.2) is 0 Å². The van der Waals surface area contributed by atoms with Crippen molar-refractivity contribution in [2.75, 3.05) is 26.5 Å². The minimum atomic E-state index is 0.439. The van der Waals surface area contributed by atoms with E-state index in [1.165, 1.54) is 11.1 Å². The van der Waals surface area contributed by atoms with Crippen LogP contribution >= 0.6 is 12.6 Å². The Labute approximate surface area is 133 Å². The van der Waals surface area contributed by atoms with Gasteiger partial charge in [-0.05, 0) is 24.4 Å². The number of methoxy groups -OCH3 is 1. The van der Waals surface area contributed by atoms with E-state index in [2.05, 4.69) is 67.0 Å². The Bertz CT molecular complexity index is 544. The number of hydrogen-bond donors (Lipinski definition) is 1. The number of hydrogen-bond acceptors (Lipinski definition) is 3. The number of thiol groups is 1. The molecule has 0 spiro atoms. The molecule has 1 atom stereocenters. The summed E-state index contributed by atoms with van der Waals surface area (Å²) < 4.78 is 5.42. The highest BCUT2D eigenvalue weighted by molar-refractivity contribution is 7.80. The van der Waals surface area contributed by atoms with Crippen molar-refractivity contribution >= 4 is 12.6 Å². The third-order valence-corrected chi connectivity index (χ3v) is 4.10. The molecule has 0 aromatic heterocycles. The van der Waals surface area contributed by atoms with Gasteiger partial charge in [0.25, 0.3) is 0 Å². The van der Waals surface area contributed by atoms with Gasteiger partial charge >= 0.3 is 0 Å². The molecule has 0 saturated heterocycles. The minimum Gasteiger partial charge on any atom is -0.496 e. The van der Waals surface area contributed by atoms with Crippen LogP contribution < -0.4 is 4.74 Å². The lowest BCUT2D eigenvalue weighted by Crippen LogP contribution is -2.25. The maximum Gasteiger partial charge on any atom is 0.123 e. The molecule has 0 amide bonds. The highest BCUT2D eigenvalue weighted by Gasteiger charge is 2.13. The molecule has 0 saturated carbocycles. The number of para-hydroxylation sites is 1. The van der Waals surface area contributed by atoms with Crippen molar-refractivity contribution in [1.29, 1.82) is 0 Å². The summed E-state index contributed by atoms with van der Waals surface area (Å²) in [5, 5.41) is 0. The summed E-state index contributed by atoms with van der Waals surface area (Å²) in [5.41, 5.74) is 2.56. The minimum absolute atomic E-state index is 0.439. The van der Waals surface area contributed by atoms with E-state index in [9.17, 15) is 0 Å². The van der Waals surface area contributed by atoms with Crippen LogP contribution in [0.15, 0.2) is 54.6 Å². The van der Waals surface area contributed by atoms with Crippen LogP contribution in [0.5, 0.6) is 5.75 Å². The SMILES string of the molecule is COc1ccccc1CN(C)CC(CS)c1ccccc1. The molecule has 2 nitrogen and oxygen atoms in total. The third-order valence-electron chi connectivity index (χ3n) is 3.66. The van der Waals surface area contributed by atoms with E-state index in [4.69, 9.17) is 4.74 Å². The number of nitrogens with zero attached hydrogens (tertiary/aromatic N) is 1. The quantitative estimate of drug-likeness (QED) is 0.780. The molecule has 0 bridgehead atoms. The fourth-order valence-corrected chi connectivity index (χ4v) is 2.89. The summed E-state index contributed by atoms with van der Waals surface area (Å²) >= 11 is 4.52. The summed E-state index contributed by atoms with van der Waals surface area (Å²) in [6.07, 6.45) is 0. The summed E-state index contributed by atoms with van der Waals surface area (Å²) in [4.78, 5) is 2.33. The van der Waals surface area contributed by atoms with E-state index in [-0.39, 0.29) is 0 Å². The van der Waals surface area contributed by atoms with Crippen LogP contribution in [0.3, 0.4) is 0 Å². The lowest BCUT2D eigenvalue weighted by atomic mass is 10.0. The summed E-state index contributed by atoms with van der Waals surface area (Å²) in [6.45, 7) is 1.85. The predicted molar refractivity (Wildman–Crippen MR) is 92.4 cm³/mol. The molecule has 2 rings (SSSR count). The van der Waals surface area contributed by atoms with Crippen molar-refractivity contribution in [3.05, 3.63) is 65.7 Å². The van der Waals surface area contributed by atoms with Gasteiger partial charge in [-0.1, -0.05) is 48.5 Å². The van der Waals surface area contributed by atoms with Gasteiger partial charge in [0, 0.05) is 24.6 Å². The molecule has 0 aliphatic rings. The second-order valence-electron chi connectivity index (χ2n) is 5.30. The Balaban J connectivity index is 2.01. The van der Waals surface area contributed by atoms with E-state index in [0.29, 0.717) is 5.92 Å². The molecule has 112 valence electrons. The van der Waals surface area contributed by atoms with Crippen molar-refractivity contribution in [3.8, 4) is 5.75 Å². The fourth-order valence-electron chi connectivity index (χ4n) is 2.56. The van der Waals surface area contributed by atoms with E-state index in [1.807, 2.05) is 12.1 Å². The standard InChI is InChI=1S/C18H23NOS/c1-19(12-16-10-6-7-11-18(16)20-2)13-17(14-21)15-8-4-3-5-9-15/h3-11,17,21H,12-14H2,1-2H3. The number of benzene rings is 2. The van der Waals surface area contributed by atoms with Crippen LogP contribution in [-0.2, 0) is 6.54 Å². The molecule has 3 heteroatoms. The smallest absolute Gasteiger partial charge is 0.123 e. The molecule has 0 fully saturated rings. The molecule has 0 heterocycles. The van der Waals surface area contributed by atoms with Crippen LogP contribution in [0.25, 0.3) is 0 Å². The zero-order valence-electron chi connectivity index (χ0n) is 12.7. The first-order chi connectivity index (χ1) is 10.2. The summed E-state index contributed by atoms with van der Waals surface area (Å²) in [7, 11) is 3.87. The van der Waals surface area contributed by atoms with E-state index in [1.54, 1.807) is 7.11 Å². The zero-order valence-corrected chi connectivity index (χ0v) is 13.6. The van der Waals surface area contributed by atoms with Crippen LogP contribution in [-0.4, -0.2) is 31.4 Å². The van der Waals surface area contributed by atoms with E-state index in [0.717, 1.165) is 24.6 Å². The Hall–Kier alpha value is -1.45. The Morgan fingerprint density at radius 1 is 1.05 bits per heavy atom. The number of likely N-dealkylation sites (N-methyl/N-ethyl adjacent to an activating group) is 1. The van der Waals surface area contributed by atoms with Crippen LogP contribution in [0, 0.1) is 0 Å². The summed E-state index contributed by atoms with van der Waals surface area (Å²) in [5.74, 6) is 2.24. The van der Waals surface area contributed by atoms with Crippen molar-refractivity contribution in [2.24, 2.45) is 0 Å². The molecule has 2 aromatic carbocycles. The maximum absolute atomic E-state index is 5.42. The molecular formula is C18H23NOS. The second kappa shape index (κ2) is 8.11. The van der Waals surface area contributed by atoms with Gasteiger partial charge in [-0.25, -0.2) is 0 Å². The first-order valence-corrected chi connectivity index (χ1v) is 7.84. The van der Waals surface area contributed by atoms with Gasteiger partial charge in [0.2, 0.25) is 0 Å². The van der Waals surface area contributed by atoms with Crippen LogP contribution in [0.1, 0.15) is 17.0 Å². The van der Waals surface area contributed by atoms with E-state index < -0.39 is 0 Å². The van der Waals surface area contributed by atoms with Gasteiger partial charge in [0.1, 0.15) is 5.75 Å². The molecule has 1 unspecified atom stereocenters. The maximum atomic E-state index is 5.42. The van der Waals surface area contributed by atoms with Gasteiger partial charge in [-0.2, -0.15) is 12.6 Å². The van der Waals surface area contributed by atoms with Crippen LogP contribution in [0.4, 0.5) is 0 Å². The fraction of sp³-hybridized carbons (Fsp3) is 0.333. The largest absolute Gasteiger partial charge is 0.496 e. The average molecular weight is 301 g/mol. The predicted octanol–water partition coefficient (Wildman–Crippen LogP) is 3.84. The van der Waals surface area contributed by atoms with Crippen molar-refractivity contribution in [1.82, 2.24) is 4.90 Å². The Morgan fingerprint density at radius 2 is 1.71 bits per heavy atom. The number of rotatable bonds is 7. The van der Waals surface area contributed by atoms with Crippen molar-refractivity contribution < 1.29 is 4.74 Å². The topological polar surface area (TPSA) is 12.5 Å². The van der Waals surface area contributed by atoms with Gasteiger partial charge in [-0.3, -0.25) is 0 Å². The van der Waals surface area contributed by atoms with Crippen LogP contribution in [0.2, 0.25) is 0 Å². The lowest BCUT2D eigenvalue weighted by molar-refractivity contribution is 0.303. The molecule has 0 N–H and O–H groups in total. The highest BCUT2D eigenvalue weighted by atomic mass is 32.1.